The highest BCUT2D eigenvalue weighted by Crippen LogP contribution is 2.18. The van der Waals surface area contributed by atoms with Crippen molar-refractivity contribution in [2.24, 2.45) is 0 Å². The van der Waals surface area contributed by atoms with Crippen molar-refractivity contribution in [3.05, 3.63) is 69.5 Å². The molecule has 30 heavy (non-hydrogen) atoms. The van der Waals surface area contributed by atoms with Crippen LogP contribution in [-0.2, 0) is 9.59 Å². The maximum absolute atomic E-state index is 13.8. The zero-order valence-corrected chi connectivity index (χ0v) is 18.7. The third-order valence-electron chi connectivity index (χ3n) is 5.29. The predicted octanol–water partition coefficient (Wildman–Crippen LogP) is 4.00. The summed E-state index contributed by atoms with van der Waals surface area (Å²) in [5.74, 6) is -0.593. The lowest BCUT2D eigenvalue weighted by atomic mass is 10.1. The number of aryl methyl sites for hydroxylation is 1. The van der Waals surface area contributed by atoms with Crippen LogP contribution < -0.4 is 5.32 Å². The molecule has 0 aromatic heterocycles. The van der Waals surface area contributed by atoms with Crippen molar-refractivity contribution in [3.63, 3.8) is 0 Å². The van der Waals surface area contributed by atoms with Crippen molar-refractivity contribution >= 4 is 39.5 Å². The van der Waals surface area contributed by atoms with Gasteiger partial charge in [0.25, 0.3) is 0 Å². The van der Waals surface area contributed by atoms with Gasteiger partial charge < -0.3 is 10.2 Å². The average molecular weight is 474 g/mol. The number of amides is 2. The minimum absolute atomic E-state index is 0.0616. The second kappa shape index (κ2) is 10.00. The van der Waals surface area contributed by atoms with Gasteiger partial charge in [0.1, 0.15) is 5.82 Å². The minimum Gasteiger partial charge on any atom is -0.337 e. The van der Waals surface area contributed by atoms with Gasteiger partial charge in [0, 0.05) is 48.0 Å². The molecule has 5 nitrogen and oxygen atoms in total. The van der Waals surface area contributed by atoms with E-state index in [1.165, 1.54) is 18.2 Å². The fraction of sp³-hybridized carbons (Fsp3) is 0.304. The fourth-order valence-electron chi connectivity index (χ4n) is 3.31. The van der Waals surface area contributed by atoms with Crippen molar-refractivity contribution in [1.29, 1.82) is 0 Å². The molecule has 0 aliphatic carbocycles. The Morgan fingerprint density at radius 3 is 2.60 bits per heavy atom. The smallest absolute Gasteiger partial charge is 0.246 e. The molecule has 0 unspecified atom stereocenters. The van der Waals surface area contributed by atoms with E-state index in [-0.39, 0.29) is 24.2 Å². The molecular weight excluding hydrogens is 449 g/mol. The molecule has 0 atom stereocenters. The van der Waals surface area contributed by atoms with E-state index in [1.807, 2.05) is 36.9 Å². The van der Waals surface area contributed by atoms with E-state index in [9.17, 15) is 14.0 Å². The molecule has 1 saturated heterocycles. The van der Waals surface area contributed by atoms with Gasteiger partial charge >= 0.3 is 0 Å². The van der Waals surface area contributed by atoms with Crippen LogP contribution in [0.2, 0.25) is 0 Å². The maximum Gasteiger partial charge on any atom is 0.246 e. The molecule has 0 radical (unpaired) electrons. The van der Waals surface area contributed by atoms with Crippen LogP contribution in [0.1, 0.15) is 16.7 Å². The first-order valence-electron chi connectivity index (χ1n) is 9.84. The van der Waals surface area contributed by atoms with Crippen LogP contribution in [-0.4, -0.2) is 54.3 Å². The molecule has 2 aromatic carbocycles. The van der Waals surface area contributed by atoms with Gasteiger partial charge in [-0.2, -0.15) is 0 Å². The number of anilines is 1. The normalized spacial score (nSPS) is 14.9. The van der Waals surface area contributed by atoms with E-state index in [0.717, 1.165) is 21.3 Å². The lowest BCUT2D eigenvalue weighted by Gasteiger charge is -2.33. The van der Waals surface area contributed by atoms with Gasteiger partial charge in [0.2, 0.25) is 11.8 Å². The predicted molar refractivity (Wildman–Crippen MR) is 121 cm³/mol. The Morgan fingerprint density at radius 1 is 1.13 bits per heavy atom. The Morgan fingerprint density at radius 2 is 1.87 bits per heavy atom. The van der Waals surface area contributed by atoms with Crippen molar-refractivity contribution in [3.8, 4) is 0 Å². The molecule has 7 heteroatoms. The van der Waals surface area contributed by atoms with Crippen LogP contribution >= 0.6 is 15.9 Å². The van der Waals surface area contributed by atoms with Crippen LogP contribution in [0.5, 0.6) is 0 Å². The maximum atomic E-state index is 13.8. The summed E-state index contributed by atoms with van der Waals surface area (Å²) in [4.78, 5) is 28.6. The summed E-state index contributed by atoms with van der Waals surface area (Å²) in [6.45, 7) is 6.58. The van der Waals surface area contributed by atoms with Gasteiger partial charge in [-0.05, 0) is 55.3 Å². The highest BCUT2D eigenvalue weighted by molar-refractivity contribution is 9.10. The summed E-state index contributed by atoms with van der Waals surface area (Å²) in [6, 6.07) is 10.4. The Hall–Kier alpha value is -2.51. The molecule has 0 bridgehead atoms. The van der Waals surface area contributed by atoms with Gasteiger partial charge in [0.05, 0.1) is 6.54 Å². The van der Waals surface area contributed by atoms with Crippen LogP contribution in [0.4, 0.5) is 10.1 Å². The first-order chi connectivity index (χ1) is 14.3. The van der Waals surface area contributed by atoms with Gasteiger partial charge in [-0.1, -0.05) is 28.1 Å². The van der Waals surface area contributed by atoms with E-state index >= 15 is 0 Å². The second-order valence-electron chi connectivity index (χ2n) is 7.40. The summed E-state index contributed by atoms with van der Waals surface area (Å²) in [6.07, 6.45) is 2.89. The Labute approximate surface area is 184 Å². The molecular formula is C23H25BrFN3O2. The van der Waals surface area contributed by atoms with Gasteiger partial charge in [-0.3, -0.25) is 14.5 Å². The molecule has 2 aromatic rings. The molecule has 1 aliphatic heterocycles. The number of carbonyl (C=O) groups is 2. The average Bonchev–Trinajstić information content (AvgIpc) is 2.72. The summed E-state index contributed by atoms with van der Waals surface area (Å²) < 4.78 is 14.6. The lowest BCUT2D eigenvalue weighted by Crippen LogP contribution is -2.50. The zero-order valence-electron chi connectivity index (χ0n) is 17.1. The molecule has 158 valence electrons. The van der Waals surface area contributed by atoms with Crippen molar-refractivity contribution in [2.45, 2.75) is 13.8 Å². The van der Waals surface area contributed by atoms with Crippen molar-refractivity contribution in [1.82, 2.24) is 9.80 Å². The van der Waals surface area contributed by atoms with E-state index < -0.39 is 0 Å². The number of nitrogens with zero attached hydrogens (tertiary/aromatic N) is 2. The number of piperazine rings is 1. The Kier molecular flexibility index (Phi) is 7.39. The number of hydrogen-bond acceptors (Lipinski definition) is 3. The van der Waals surface area contributed by atoms with E-state index in [2.05, 4.69) is 21.2 Å². The molecule has 1 heterocycles. The first kappa shape index (κ1) is 22.2. The molecule has 3 rings (SSSR count). The van der Waals surface area contributed by atoms with Gasteiger partial charge in [0.15, 0.2) is 0 Å². The van der Waals surface area contributed by atoms with Crippen LogP contribution in [0.15, 0.2) is 46.9 Å². The Balaban J connectivity index is 1.49. The number of rotatable bonds is 5. The molecule has 1 fully saturated rings. The third-order valence-corrected chi connectivity index (χ3v) is 5.79. The molecule has 0 spiro atoms. The number of hydrogen-bond donors (Lipinski definition) is 1. The van der Waals surface area contributed by atoms with Gasteiger partial charge in [-0.15, -0.1) is 0 Å². The van der Waals surface area contributed by atoms with Crippen molar-refractivity contribution in [2.75, 3.05) is 38.0 Å². The van der Waals surface area contributed by atoms with Crippen LogP contribution in [0.3, 0.4) is 0 Å². The molecule has 0 saturated carbocycles. The third kappa shape index (κ3) is 5.77. The summed E-state index contributed by atoms with van der Waals surface area (Å²) >= 11 is 3.30. The van der Waals surface area contributed by atoms with E-state index in [4.69, 9.17) is 0 Å². The van der Waals surface area contributed by atoms with E-state index in [1.54, 1.807) is 17.0 Å². The van der Waals surface area contributed by atoms with Gasteiger partial charge in [-0.25, -0.2) is 4.39 Å². The van der Waals surface area contributed by atoms with E-state index in [0.29, 0.717) is 31.7 Å². The standard InChI is InChI=1S/C23H25BrFN3O2/c1-16-4-3-5-21(17(16)2)26-22(29)15-27-10-12-28(13-11-27)23(30)9-6-18-14-19(24)7-8-20(18)25/h3-9,14H,10-13,15H2,1-2H3,(H,26,29)/b9-6+. The number of carbonyl (C=O) groups excluding carboxylic acids is 2. The molecule has 2 amide bonds. The zero-order chi connectivity index (χ0) is 21.7. The Bertz CT molecular complexity index is 969. The number of benzene rings is 2. The quantitative estimate of drug-likeness (QED) is 0.667. The minimum atomic E-state index is -0.373. The number of halogens is 2. The SMILES string of the molecule is Cc1cccc(NC(=O)CN2CCN(C(=O)/C=C/c3cc(Br)ccc3F)CC2)c1C. The van der Waals surface area contributed by atoms with Crippen molar-refractivity contribution < 1.29 is 14.0 Å². The largest absolute Gasteiger partial charge is 0.337 e. The summed E-state index contributed by atoms with van der Waals surface area (Å²) in [5, 5.41) is 2.97. The summed E-state index contributed by atoms with van der Waals surface area (Å²) in [5.41, 5.74) is 3.39. The highest BCUT2D eigenvalue weighted by Gasteiger charge is 2.21. The lowest BCUT2D eigenvalue weighted by molar-refractivity contribution is -0.127. The highest BCUT2D eigenvalue weighted by atomic mass is 79.9. The molecule has 1 aliphatic rings. The first-order valence-corrected chi connectivity index (χ1v) is 10.6. The second-order valence-corrected chi connectivity index (χ2v) is 8.31. The molecule has 1 N–H and O–H groups in total. The van der Waals surface area contributed by atoms with Crippen LogP contribution in [0.25, 0.3) is 6.08 Å². The number of nitrogens with one attached hydrogen (secondary N) is 1. The monoisotopic (exact) mass is 473 g/mol. The topological polar surface area (TPSA) is 52.7 Å². The fourth-order valence-corrected chi connectivity index (χ4v) is 3.69. The van der Waals surface area contributed by atoms with Crippen LogP contribution in [0, 0.1) is 19.7 Å². The summed E-state index contributed by atoms with van der Waals surface area (Å²) in [7, 11) is 0.